The lowest BCUT2D eigenvalue weighted by molar-refractivity contribution is -0.118. The van der Waals surface area contributed by atoms with E-state index in [-0.39, 0.29) is 5.91 Å². The molecule has 6 nitrogen and oxygen atoms in total. The minimum absolute atomic E-state index is 0.117. The van der Waals surface area contributed by atoms with Crippen molar-refractivity contribution in [1.82, 2.24) is 21.0 Å². The molecule has 1 aliphatic heterocycles. The fourth-order valence-electron chi connectivity index (χ4n) is 2.76. The first-order valence-corrected chi connectivity index (χ1v) is 10.0. The van der Waals surface area contributed by atoms with Crippen LogP contribution in [-0.4, -0.2) is 36.7 Å². The van der Waals surface area contributed by atoms with Gasteiger partial charge in [0.1, 0.15) is 10.7 Å². The molecular formula is C21H25N5OS. The van der Waals surface area contributed by atoms with Gasteiger partial charge in [0.25, 0.3) is 5.91 Å². The lowest BCUT2D eigenvalue weighted by Gasteiger charge is -2.18. The zero-order valence-electron chi connectivity index (χ0n) is 16.4. The average molecular weight is 396 g/mol. The number of carbonyl (C=O) groups is 1. The second-order valence-corrected chi connectivity index (χ2v) is 7.88. The van der Waals surface area contributed by atoms with Crippen LogP contribution >= 0.6 is 11.3 Å². The van der Waals surface area contributed by atoms with Gasteiger partial charge in [-0.2, -0.15) is 5.10 Å². The molecule has 0 radical (unpaired) electrons. The highest BCUT2D eigenvalue weighted by atomic mass is 32.1. The van der Waals surface area contributed by atoms with Gasteiger partial charge in [-0.05, 0) is 24.1 Å². The number of para-hydroxylation sites is 1. The number of nitrogens with zero attached hydrogens (tertiary/aromatic N) is 2. The lowest BCUT2D eigenvalue weighted by Crippen LogP contribution is -2.35. The van der Waals surface area contributed by atoms with Crippen LogP contribution in [0, 0.1) is 5.92 Å². The number of dihydropyridines is 1. The summed E-state index contributed by atoms with van der Waals surface area (Å²) in [4.78, 5) is 17.1. The molecule has 7 heteroatoms. The number of hydrogen-bond donors (Lipinski definition) is 3. The summed E-state index contributed by atoms with van der Waals surface area (Å²) in [5.74, 6) is 0.275. The highest BCUT2D eigenvalue weighted by Crippen LogP contribution is 2.29. The van der Waals surface area contributed by atoms with Gasteiger partial charge in [-0.25, -0.2) is 4.98 Å². The van der Waals surface area contributed by atoms with E-state index in [4.69, 9.17) is 0 Å². The van der Waals surface area contributed by atoms with Crippen molar-refractivity contribution in [2.75, 3.05) is 20.1 Å². The molecule has 0 saturated carbocycles. The maximum absolute atomic E-state index is 12.4. The maximum atomic E-state index is 12.4. The monoisotopic (exact) mass is 395 g/mol. The molecule has 0 bridgehead atoms. The van der Waals surface area contributed by atoms with Gasteiger partial charge in [0.15, 0.2) is 0 Å². The predicted molar refractivity (Wildman–Crippen MR) is 117 cm³/mol. The molecule has 0 saturated heterocycles. The molecule has 0 spiro atoms. The highest BCUT2D eigenvalue weighted by Gasteiger charge is 2.20. The molecule has 0 atom stereocenters. The second-order valence-electron chi connectivity index (χ2n) is 6.85. The summed E-state index contributed by atoms with van der Waals surface area (Å²) >= 11 is 1.58. The number of rotatable bonds is 7. The maximum Gasteiger partial charge on any atom is 0.267 e. The molecule has 1 aromatic heterocycles. The Bertz CT molecular complexity index is 951. The smallest absolute Gasteiger partial charge is 0.267 e. The third kappa shape index (κ3) is 4.48. The molecule has 1 aliphatic rings. The number of thiazole rings is 1. The number of hydrazone groups is 1. The van der Waals surface area contributed by atoms with Crippen molar-refractivity contribution in [3.8, 4) is 0 Å². The number of carbonyl (C=O) groups excluding carboxylic acids is 1. The SMILES string of the molecule is C=C(/C(=N\NC)C1=CCNC(C(=O)NCC(C)C)=C1)c1nc2ccccc2s1. The van der Waals surface area contributed by atoms with Crippen LogP contribution in [0.2, 0.25) is 0 Å². The lowest BCUT2D eigenvalue weighted by atomic mass is 10.0. The van der Waals surface area contributed by atoms with E-state index in [0.29, 0.717) is 30.4 Å². The predicted octanol–water partition coefficient (Wildman–Crippen LogP) is 3.07. The van der Waals surface area contributed by atoms with Crippen LogP contribution in [0.3, 0.4) is 0 Å². The summed E-state index contributed by atoms with van der Waals surface area (Å²) in [6, 6.07) is 7.99. The molecule has 28 heavy (non-hydrogen) atoms. The van der Waals surface area contributed by atoms with E-state index in [1.807, 2.05) is 36.4 Å². The number of amides is 1. The number of allylic oxidation sites excluding steroid dienone is 3. The molecular weight excluding hydrogens is 370 g/mol. The Balaban J connectivity index is 1.87. The molecule has 146 valence electrons. The first kappa shape index (κ1) is 19.8. The van der Waals surface area contributed by atoms with E-state index in [1.54, 1.807) is 18.4 Å². The van der Waals surface area contributed by atoms with Gasteiger partial charge in [0.2, 0.25) is 0 Å². The summed E-state index contributed by atoms with van der Waals surface area (Å²) in [5.41, 5.74) is 6.56. The van der Waals surface area contributed by atoms with Crippen molar-refractivity contribution in [3.05, 3.63) is 59.3 Å². The molecule has 3 N–H and O–H groups in total. The Morgan fingerprint density at radius 2 is 2.18 bits per heavy atom. The van der Waals surface area contributed by atoms with Crippen LogP contribution in [-0.2, 0) is 4.79 Å². The zero-order chi connectivity index (χ0) is 20.1. The highest BCUT2D eigenvalue weighted by molar-refractivity contribution is 7.19. The minimum Gasteiger partial charge on any atom is -0.377 e. The van der Waals surface area contributed by atoms with Crippen molar-refractivity contribution in [1.29, 1.82) is 0 Å². The first-order chi connectivity index (χ1) is 13.5. The number of benzene rings is 1. The molecule has 1 aromatic carbocycles. The van der Waals surface area contributed by atoms with Crippen molar-refractivity contribution >= 4 is 38.7 Å². The van der Waals surface area contributed by atoms with E-state index < -0.39 is 0 Å². The first-order valence-electron chi connectivity index (χ1n) is 9.23. The van der Waals surface area contributed by atoms with Crippen LogP contribution in [0.4, 0.5) is 0 Å². The van der Waals surface area contributed by atoms with Crippen LogP contribution in [0.25, 0.3) is 15.8 Å². The van der Waals surface area contributed by atoms with Gasteiger partial charge >= 0.3 is 0 Å². The fourth-order valence-corrected chi connectivity index (χ4v) is 3.70. The zero-order valence-corrected chi connectivity index (χ0v) is 17.2. The number of fused-ring (bicyclic) bond motifs is 1. The molecule has 2 aromatic rings. The van der Waals surface area contributed by atoms with Crippen LogP contribution in [0.15, 0.2) is 59.4 Å². The third-order valence-electron chi connectivity index (χ3n) is 4.16. The Hall–Kier alpha value is -2.93. The number of hydrogen-bond acceptors (Lipinski definition) is 6. The molecule has 0 unspecified atom stereocenters. The Morgan fingerprint density at radius 3 is 2.89 bits per heavy atom. The molecule has 0 aliphatic carbocycles. The van der Waals surface area contributed by atoms with E-state index in [1.165, 1.54) is 0 Å². The van der Waals surface area contributed by atoms with E-state index in [0.717, 1.165) is 26.4 Å². The van der Waals surface area contributed by atoms with Crippen molar-refractivity contribution < 1.29 is 4.79 Å². The summed E-state index contributed by atoms with van der Waals surface area (Å²) in [7, 11) is 1.74. The molecule has 2 heterocycles. The molecule has 3 rings (SSSR count). The van der Waals surface area contributed by atoms with E-state index in [2.05, 4.69) is 46.6 Å². The summed E-state index contributed by atoms with van der Waals surface area (Å²) < 4.78 is 1.10. The van der Waals surface area contributed by atoms with Gasteiger partial charge in [0.05, 0.1) is 15.9 Å². The number of aromatic nitrogens is 1. The fraction of sp³-hybridized carbons (Fsp3) is 0.286. The average Bonchev–Trinajstić information content (AvgIpc) is 3.14. The Labute approximate surface area is 169 Å². The van der Waals surface area contributed by atoms with Crippen molar-refractivity contribution in [2.45, 2.75) is 13.8 Å². The summed E-state index contributed by atoms with van der Waals surface area (Å²) in [6.07, 6.45) is 3.81. The molecule has 0 fully saturated rings. The topological polar surface area (TPSA) is 78.4 Å². The summed E-state index contributed by atoms with van der Waals surface area (Å²) in [6.45, 7) is 9.54. The van der Waals surface area contributed by atoms with Crippen LogP contribution in [0.1, 0.15) is 18.9 Å². The van der Waals surface area contributed by atoms with Gasteiger partial charge in [0, 0.05) is 31.3 Å². The van der Waals surface area contributed by atoms with Gasteiger partial charge in [-0.3, -0.25) is 4.79 Å². The van der Waals surface area contributed by atoms with Gasteiger partial charge in [-0.1, -0.05) is 38.6 Å². The van der Waals surface area contributed by atoms with Gasteiger partial charge < -0.3 is 16.1 Å². The normalized spacial score (nSPS) is 14.4. The van der Waals surface area contributed by atoms with Crippen molar-refractivity contribution in [3.63, 3.8) is 0 Å². The van der Waals surface area contributed by atoms with Gasteiger partial charge in [-0.15, -0.1) is 11.3 Å². The van der Waals surface area contributed by atoms with Crippen LogP contribution < -0.4 is 16.1 Å². The Morgan fingerprint density at radius 1 is 1.39 bits per heavy atom. The van der Waals surface area contributed by atoms with E-state index in [9.17, 15) is 4.79 Å². The van der Waals surface area contributed by atoms with E-state index >= 15 is 0 Å². The third-order valence-corrected chi connectivity index (χ3v) is 5.26. The largest absolute Gasteiger partial charge is 0.377 e. The second kappa shape index (κ2) is 8.84. The minimum atomic E-state index is -0.117. The standard InChI is InChI=1S/C21H25N5OS/c1-13(2)12-24-20(27)17-11-15(9-10-23-17)19(26-22-4)14(3)21-25-16-7-5-6-8-18(16)28-21/h5-9,11,13,22-23H,3,10,12H2,1-2,4H3,(H,24,27)/b26-19+. The Kier molecular flexibility index (Phi) is 6.26. The quantitative estimate of drug-likeness (QED) is 0.497. The van der Waals surface area contributed by atoms with Crippen molar-refractivity contribution in [2.24, 2.45) is 11.0 Å². The summed E-state index contributed by atoms with van der Waals surface area (Å²) in [5, 5.41) is 11.3. The van der Waals surface area contributed by atoms with Crippen LogP contribution in [0.5, 0.6) is 0 Å². The number of nitrogens with one attached hydrogen (secondary N) is 3. The molecule has 1 amide bonds.